The Bertz CT molecular complexity index is 375. The van der Waals surface area contributed by atoms with Gasteiger partial charge in [-0.2, -0.15) is 0 Å². The number of carbonyl (C=O) groups excluding carboxylic acids is 1. The third-order valence-electron chi connectivity index (χ3n) is 3.26. The van der Waals surface area contributed by atoms with Crippen molar-refractivity contribution in [1.82, 2.24) is 5.32 Å². The number of nitrogens with one attached hydrogen (secondary N) is 1. The highest BCUT2D eigenvalue weighted by atomic mass is 16.5. The van der Waals surface area contributed by atoms with Crippen LogP contribution in [0.25, 0.3) is 0 Å². The van der Waals surface area contributed by atoms with Crippen molar-refractivity contribution in [2.24, 2.45) is 11.7 Å². The van der Waals surface area contributed by atoms with Gasteiger partial charge in [-0.3, -0.25) is 4.79 Å². The fourth-order valence-electron chi connectivity index (χ4n) is 2.14. The Hall–Kier alpha value is -1.39. The Kier molecular flexibility index (Phi) is 4.73. The van der Waals surface area contributed by atoms with Crippen molar-refractivity contribution in [3.8, 4) is 0 Å². The quantitative estimate of drug-likeness (QED) is 0.842. The minimum atomic E-state index is -0.587. The van der Waals surface area contributed by atoms with Crippen LogP contribution < -0.4 is 11.1 Å². The van der Waals surface area contributed by atoms with Crippen LogP contribution in [0.5, 0.6) is 0 Å². The highest BCUT2D eigenvalue weighted by Gasteiger charge is 2.18. The van der Waals surface area contributed by atoms with E-state index in [0.717, 1.165) is 31.6 Å². The van der Waals surface area contributed by atoms with Crippen molar-refractivity contribution >= 4 is 5.91 Å². The van der Waals surface area contributed by atoms with Crippen LogP contribution in [0.2, 0.25) is 0 Å². The van der Waals surface area contributed by atoms with Gasteiger partial charge in [0.1, 0.15) is 6.04 Å². The fourth-order valence-corrected chi connectivity index (χ4v) is 2.14. The molecule has 1 aromatic carbocycles. The van der Waals surface area contributed by atoms with Gasteiger partial charge < -0.3 is 15.8 Å². The van der Waals surface area contributed by atoms with Gasteiger partial charge in [-0.25, -0.2) is 0 Å². The molecule has 18 heavy (non-hydrogen) atoms. The van der Waals surface area contributed by atoms with Crippen LogP contribution in [-0.4, -0.2) is 25.7 Å². The third-order valence-corrected chi connectivity index (χ3v) is 3.26. The maximum atomic E-state index is 11.9. The molecule has 3 N–H and O–H groups in total. The second-order valence-corrected chi connectivity index (χ2v) is 4.72. The van der Waals surface area contributed by atoms with Crippen molar-refractivity contribution in [3.05, 3.63) is 35.9 Å². The molecule has 1 aromatic rings. The van der Waals surface area contributed by atoms with Crippen LogP contribution in [0.4, 0.5) is 0 Å². The minimum Gasteiger partial charge on any atom is -0.381 e. The molecule has 0 radical (unpaired) electrons. The normalized spacial score (nSPS) is 21.3. The summed E-state index contributed by atoms with van der Waals surface area (Å²) in [5.74, 6) is 0.303. The summed E-state index contributed by atoms with van der Waals surface area (Å²) in [6.45, 7) is 2.23. The Morgan fingerprint density at radius 1 is 1.44 bits per heavy atom. The van der Waals surface area contributed by atoms with E-state index in [1.165, 1.54) is 0 Å². The van der Waals surface area contributed by atoms with E-state index in [0.29, 0.717) is 12.5 Å². The molecular weight excluding hydrogens is 228 g/mol. The van der Waals surface area contributed by atoms with Gasteiger partial charge in [-0.05, 0) is 24.3 Å². The summed E-state index contributed by atoms with van der Waals surface area (Å²) in [6, 6.07) is 8.83. The lowest BCUT2D eigenvalue weighted by Crippen LogP contribution is -2.38. The van der Waals surface area contributed by atoms with E-state index in [-0.39, 0.29) is 5.91 Å². The van der Waals surface area contributed by atoms with Crippen LogP contribution in [0, 0.1) is 5.92 Å². The first kappa shape index (κ1) is 13.1. The number of benzene rings is 1. The first-order chi connectivity index (χ1) is 8.77. The molecule has 2 atom stereocenters. The molecule has 0 bridgehead atoms. The molecule has 2 rings (SSSR count). The van der Waals surface area contributed by atoms with E-state index in [1.54, 1.807) is 0 Å². The molecule has 98 valence electrons. The largest absolute Gasteiger partial charge is 0.381 e. The van der Waals surface area contributed by atoms with Gasteiger partial charge in [0.05, 0.1) is 6.61 Å². The predicted molar refractivity (Wildman–Crippen MR) is 69.9 cm³/mol. The second-order valence-electron chi connectivity index (χ2n) is 4.72. The topological polar surface area (TPSA) is 64.4 Å². The molecule has 1 aliphatic heterocycles. The number of rotatable bonds is 4. The SMILES string of the molecule is NC(C(=O)NCC1CCCOC1)c1ccccc1. The smallest absolute Gasteiger partial charge is 0.241 e. The van der Waals surface area contributed by atoms with E-state index in [9.17, 15) is 4.79 Å². The van der Waals surface area contributed by atoms with Crippen molar-refractivity contribution in [1.29, 1.82) is 0 Å². The van der Waals surface area contributed by atoms with E-state index in [2.05, 4.69) is 5.32 Å². The summed E-state index contributed by atoms with van der Waals surface area (Å²) in [6.07, 6.45) is 2.19. The molecule has 1 aliphatic rings. The summed E-state index contributed by atoms with van der Waals surface area (Å²) in [5.41, 5.74) is 6.75. The molecular formula is C14H20N2O2. The number of hydrogen-bond donors (Lipinski definition) is 2. The lowest BCUT2D eigenvalue weighted by molar-refractivity contribution is -0.122. The monoisotopic (exact) mass is 248 g/mol. The molecule has 4 heteroatoms. The van der Waals surface area contributed by atoms with Gasteiger partial charge in [0.25, 0.3) is 0 Å². The van der Waals surface area contributed by atoms with E-state index >= 15 is 0 Å². The molecule has 1 saturated heterocycles. The van der Waals surface area contributed by atoms with Gasteiger partial charge in [0.15, 0.2) is 0 Å². The molecule has 0 saturated carbocycles. The van der Waals surface area contributed by atoms with E-state index < -0.39 is 6.04 Å². The van der Waals surface area contributed by atoms with Crippen molar-refractivity contribution < 1.29 is 9.53 Å². The van der Waals surface area contributed by atoms with E-state index in [4.69, 9.17) is 10.5 Å². The van der Waals surface area contributed by atoms with Crippen molar-refractivity contribution in [3.63, 3.8) is 0 Å². The van der Waals surface area contributed by atoms with Crippen LogP contribution in [-0.2, 0) is 9.53 Å². The first-order valence-corrected chi connectivity index (χ1v) is 6.43. The third kappa shape index (κ3) is 3.55. The van der Waals surface area contributed by atoms with Crippen LogP contribution in [0.1, 0.15) is 24.4 Å². The number of carbonyl (C=O) groups is 1. The summed E-state index contributed by atoms with van der Waals surface area (Å²) >= 11 is 0. The standard InChI is InChI=1S/C14H20N2O2/c15-13(12-6-2-1-3-7-12)14(17)16-9-11-5-4-8-18-10-11/h1-3,6-7,11,13H,4-5,8-10,15H2,(H,16,17). The Morgan fingerprint density at radius 3 is 2.89 bits per heavy atom. The lowest BCUT2D eigenvalue weighted by Gasteiger charge is -2.23. The minimum absolute atomic E-state index is 0.119. The Balaban J connectivity index is 1.80. The van der Waals surface area contributed by atoms with Gasteiger partial charge in [0.2, 0.25) is 5.91 Å². The Labute approximate surface area is 108 Å². The zero-order valence-corrected chi connectivity index (χ0v) is 10.5. The van der Waals surface area contributed by atoms with Crippen LogP contribution >= 0.6 is 0 Å². The second kappa shape index (κ2) is 6.52. The van der Waals surface area contributed by atoms with Gasteiger partial charge in [-0.1, -0.05) is 30.3 Å². The number of hydrogen-bond acceptors (Lipinski definition) is 3. The molecule has 1 heterocycles. The fraction of sp³-hybridized carbons (Fsp3) is 0.500. The maximum absolute atomic E-state index is 11.9. The molecule has 0 aromatic heterocycles. The van der Waals surface area contributed by atoms with Crippen molar-refractivity contribution in [2.45, 2.75) is 18.9 Å². The van der Waals surface area contributed by atoms with Crippen LogP contribution in [0.15, 0.2) is 30.3 Å². The molecule has 1 fully saturated rings. The highest BCUT2D eigenvalue weighted by Crippen LogP contribution is 2.13. The average molecular weight is 248 g/mol. The highest BCUT2D eigenvalue weighted by molar-refractivity contribution is 5.82. The number of nitrogens with two attached hydrogens (primary N) is 1. The molecule has 2 unspecified atom stereocenters. The van der Waals surface area contributed by atoms with Gasteiger partial charge in [0, 0.05) is 13.2 Å². The average Bonchev–Trinajstić information content (AvgIpc) is 2.46. The van der Waals surface area contributed by atoms with Gasteiger partial charge >= 0.3 is 0 Å². The summed E-state index contributed by atoms with van der Waals surface area (Å²) in [5, 5.41) is 2.91. The first-order valence-electron chi connectivity index (χ1n) is 6.43. The lowest BCUT2D eigenvalue weighted by atomic mass is 10.0. The molecule has 1 amide bonds. The molecule has 4 nitrogen and oxygen atoms in total. The van der Waals surface area contributed by atoms with Crippen molar-refractivity contribution in [2.75, 3.05) is 19.8 Å². The maximum Gasteiger partial charge on any atom is 0.241 e. The summed E-state index contributed by atoms with van der Waals surface area (Å²) < 4.78 is 5.38. The number of ether oxygens (including phenoxy) is 1. The predicted octanol–water partition coefficient (Wildman–Crippen LogP) is 1.23. The number of amides is 1. The molecule has 0 aliphatic carbocycles. The Morgan fingerprint density at radius 2 is 2.22 bits per heavy atom. The van der Waals surface area contributed by atoms with Crippen LogP contribution in [0.3, 0.4) is 0 Å². The summed E-state index contributed by atoms with van der Waals surface area (Å²) in [4.78, 5) is 11.9. The van der Waals surface area contributed by atoms with Gasteiger partial charge in [-0.15, -0.1) is 0 Å². The zero-order valence-electron chi connectivity index (χ0n) is 10.5. The van der Waals surface area contributed by atoms with E-state index in [1.807, 2.05) is 30.3 Å². The molecule has 0 spiro atoms. The zero-order chi connectivity index (χ0) is 12.8. The summed E-state index contributed by atoms with van der Waals surface area (Å²) in [7, 11) is 0.